The Balaban J connectivity index is 0.000000180. The maximum atomic E-state index is 14.8. The highest BCUT2D eigenvalue weighted by molar-refractivity contribution is 6.31. The van der Waals surface area contributed by atoms with Crippen molar-refractivity contribution in [1.29, 1.82) is 0 Å². The second-order valence-electron chi connectivity index (χ2n) is 23.3. The van der Waals surface area contributed by atoms with E-state index in [0.717, 1.165) is 154 Å². The Morgan fingerprint density at radius 3 is 1.60 bits per heavy atom. The van der Waals surface area contributed by atoms with Crippen LogP contribution in [0.25, 0.3) is 0 Å². The zero-order valence-electron chi connectivity index (χ0n) is 46.7. The summed E-state index contributed by atoms with van der Waals surface area (Å²) < 4.78 is 13.9. The minimum absolute atomic E-state index is 0.0352. The SMILES string of the molecule is Cc1cn(CCC2CCCCN2C(=O)C2CN(C3c4ccc(Cl)cc4CCc4cccnc43)CCN2C(=O)OC2CCCCC2)cn1.O=C(O)C1CN(C2c3ccc(Cl)cc3CCc3cccnc32)CCN1C(=O)OC1CCCCC1. The number of carboxylic acid groups (broad SMARTS) is 1. The number of piperidine rings is 1. The van der Waals surface area contributed by atoms with Crippen LogP contribution >= 0.6 is 23.2 Å². The molecule has 0 radical (unpaired) electrons. The van der Waals surface area contributed by atoms with Crippen molar-refractivity contribution < 1.29 is 33.8 Å². The molecule has 18 heteroatoms. The van der Waals surface area contributed by atoms with Crippen LogP contribution in [0.4, 0.5) is 9.59 Å². The minimum Gasteiger partial charge on any atom is -0.480 e. The summed E-state index contributed by atoms with van der Waals surface area (Å²) in [6.45, 7) is 6.02. The van der Waals surface area contributed by atoms with Gasteiger partial charge in [0.2, 0.25) is 5.91 Å². The number of halogens is 2. The van der Waals surface area contributed by atoms with E-state index in [1.165, 1.54) is 28.0 Å². The maximum Gasteiger partial charge on any atom is 0.410 e. The van der Waals surface area contributed by atoms with Crippen molar-refractivity contribution in [2.75, 3.05) is 45.8 Å². The smallest absolute Gasteiger partial charge is 0.410 e. The molecule has 5 aromatic rings. The molecule has 5 unspecified atom stereocenters. The Kier molecular flexibility index (Phi) is 18.2. The number of fused-ring (bicyclic) bond motifs is 4. The molecule has 3 saturated heterocycles. The molecule has 4 aliphatic carbocycles. The highest BCUT2D eigenvalue weighted by Gasteiger charge is 2.45. The van der Waals surface area contributed by atoms with E-state index in [-0.39, 0.29) is 48.9 Å². The summed E-state index contributed by atoms with van der Waals surface area (Å²) >= 11 is 12.8. The van der Waals surface area contributed by atoms with Crippen molar-refractivity contribution in [3.63, 3.8) is 0 Å². The molecule has 16 nitrogen and oxygen atoms in total. The minimum atomic E-state index is -1.02. The quantitative estimate of drug-likeness (QED) is 0.149. The van der Waals surface area contributed by atoms with Crippen LogP contribution in [-0.4, -0.2) is 149 Å². The number of nitrogens with zero attached hydrogens (tertiary/aromatic N) is 9. The number of hydrogen-bond donors (Lipinski definition) is 1. The molecule has 0 bridgehead atoms. The second kappa shape index (κ2) is 26.0. The van der Waals surface area contributed by atoms with E-state index in [9.17, 15) is 24.3 Å². The van der Waals surface area contributed by atoms with Crippen LogP contribution in [-0.2, 0) is 51.3 Å². The fourth-order valence-corrected chi connectivity index (χ4v) is 14.3. The Bertz CT molecular complexity index is 3040. The predicted octanol–water partition coefficient (Wildman–Crippen LogP) is 10.8. The molecule has 3 aliphatic heterocycles. The van der Waals surface area contributed by atoms with Gasteiger partial charge in [-0.2, -0.15) is 0 Å². The number of aliphatic carboxylic acids is 1. The molecule has 12 rings (SSSR count). The fraction of sp³-hybridized carbons (Fsp3) is 0.540. The van der Waals surface area contributed by atoms with Gasteiger partial charge < -0.3 is 24.0 Å². The molecule has 3 aromatic heterocycles. The van der Waals surface area contributed by atoms with Gasteiger partial charge in [0.15, 0.2) is 0 Å². The predicted molar refractivity (Wildman–Crippen MR) is 309 cm³/mol. The van der Waals surface area contributed by atoms with Crippen molar-refractivity contribution >= 4 is 47.3 Å². The number of ether oxygens (including phenoxy) is 2. The third-order valence-corrected chi connectivity index (χ3v) is 18.6. The number of carbonyl (C=O) groups is 4. The average molecular weight is 1140 g/mol. The van der Waals surface area contributed by atoms with Gasteiger partial charge in [-0.25, -0.2) is 19.4 Å². The zero-order valence-corrected chi connectivity index (χ0v) is 48.2. The van der Waals surface area contributed by atoms with Gasteiger partial charge in [0, 0.05) is 87.0 Å². The average Bonchev–Trinajstić information content (AvgIpc) is 3.88. The Morgan fingerprint density at radius 1 is 0.580 bits per heavy atom. The molecular weight excluding hydrogens is 1070 g/mol. The summed E-state index contributed by atoms with van der Waals surface area (Å²) in [6.07, 6.45) is 24.0. The lowest BCUT2D eigenvalue weighted by Gasteiger charge is -2.46. The molecule has 0 spiro atoms. The molecule has 7 aliphatic rings. The van der Waals surface area contributed by atoms with E-state index in [1.807, 2.05) is 55.8 Å². The first-order valence-corrected chi connectivity index (χ1v) is 30.6. The van der Waals surface area contributed by atoms with Crippen LogP contribution in [0.1, 0.15) is 152 Å². The van der Waals surface area contributed by atoms with Crippen molar-refractivity contribution in [2.24, 2.45) is 0 Å². The third-order valence-electron chi connectivity index (χ3n) is 18.1. The molecule has 430 valence electrons. The lowest BCUT2D eigenvalue weighted by atomic mass is 9.94. The van der Waals surface area contributed by atoms with Gasteiger partial charge in [-0.1, -0.05) is 60.3 Å². The molecule has 3 amide bonds. The number of aryl methyl sites for hydroxylation is 6. The van der Waals surface area contributed by atoms with Gasteiger partial charge in [-0.05, 0) is 179 Å². The van der Waals surface area contributed by atoms with Gasteiger partial charge in [0.05, 0.1) is 35.5 Å². The lowest BCUT2D eigenvalue weighted by molar-refractivity contribution is -0.146. The number of carbonyl (C=O) groups excluding carboxylic acids is 3. The molecule has 5 atom stereocenters. The number of imidazole rings is 1. The van der Waals surface area contributed by atoms with Gasteiger partial charge in [-0.3, -0.25) is 34.4 Å². The van der Waals surface area contributed by atoms with Crippen LogP contribution in [0, 0.1) is 6.92 Å². The first-order chi connectivity index (χ1) is 39.4. The summed E-state index contributed by atoms with van der Waals surface area (Å²) in [6, 6.07) is 18.5. The summed E-state index contributed by atoms with van der Waals surface area (Å²) in [5.74, 6) is -0.982. The standard InChI is InChI=1S/C37H47ClN6O3.C26H30ClN3O4/c1-26-23-41(25-40-26)19-16-30-9-5-6-18-43(30)36(45)33-24-42(20-21-44(33)37(46)47-31-10-3-2-4-11-31)35-32-15-14-29(38)22-28(32)13-12-27-8-7-17-39-34(27)35;27-19-10-11-21-18(15-19)9-8-17-5-4-12-28-23(17)24(21)29-13-14-30(22(16-29)25(31)32)26(33)34-20-6-2-1-3-7-20/h7-8,14-15,17,22-23,25,30-31,33,35H,2-6,9-13,16,18-21,24H2,1H3;4-5,10-12,15,20,22,24H,1-3,6-9,13-14,16H2,(H,31,32). The van der Waals surface area contributed by atoms with Crippen molar-refractivity contribution in [3.8, 4) is 0 Å². The van der Waals surface area contributed by atoms with E-state index in [4.69, 9.17) is 42.6 Å². The Morgan fingerprint density at radius 2 is 1.09 bits per heavy atom. The van der Waals surface area contributed by atoms with E-state index < -0.39 is 24.1 Å². The van der Waals surface area contributed by atoms with Crippen LogP contribution in [0.15, 0.2) is 85.6 Å². The highest BCUT2D eigenvalue weighted by atomic mass is 35.5. The second-order valence-corrected chi connectivity index (χ2v) is 24.2. The van der Waals surface area contributed by atoms with Crippen molar-refractivity contribution in [2.45, 2.75) is 171 Å². The number of amides is 3. The first-order valence-electron chi connectivity index (χ1n) is 29.8. The summed E-state index contributed by atoms with van der Waals surface area (Å²) in [7, 11) is 0. The molecule has 2 saturated carbocycles. The topological polar surface area (TPSA) is 167 Å². The van der Waals surface area contributed by atoms with E-state index in [0.29, 0.717) is 44.3 Å². The van der Waals surface area contributed by atoms with Crippen LogP contribution in [0.3, 0.4) is 0 Å². The summed E-state index contributed by atoms with van der Waals surface area (Å²) in [5, 5.41) is 11.5. The van der Waals surface area contributed by atoms with Crippen molar-refractivity contribution in [1.82, 2.24) is 44.0 Å². The maximum absolute atomic E-state index is 14.8. The number of hydrogen-bond acceptors (Lipinski definition) is 11. The number of benzene rings is 2. The van der Waals surface area contributed by atoms with Gasteiger partial charge in [0.25, 0.3) is 0 Å². The van der Waals surface area contributed by atoms with Crippen LogP contribution in [0.5, 0.6) is 0 Å². The normalized spacial score (nSPS) is 23.7. The number of piperazine rings is 2. The number of pyridine rings is 2. The monoisotopic (exact) mass is 1140 g/mol. The molecule has 6 heterocycles. The lowest BCUT2D eigenvalue weighted by Crippen LogP contribution is -2.63. The van der Waals surface area contributed by atoms with Gasteiger partial charge in [0.1, 0.15) is 24.3 Å². The molecule has 5 fully saturated rings. The Hall–Kier alpha value is -6.07. The van der Waals surface area contributed by atoms with Crippen LogP contribution in [0.2, 0.25) is 10.0 Å². The van der Waals surface area contributed by atoms with Gasteiger partial charge in [-0.15, -0.1) is 0 Å². The molecule has 2 aromatic carbocycles. The fourth-order valence-electron chi connectivity index (χ4n) is 13.9. The molecular formula is C63H77Cl2N9O7. The zero-order chi connectivity index (χ0) is 56.0. The van der Waals surface area contributed by atoms with E-state index >= 15 is 0 Å². The van der Waals surface area contributed by atoms with E-state index in [1.54, 1.807) is 11.1 Å². The summed E-state index contributed by atoms with van der Waals surface area (Å²) in [4.78, 5) is 77.8. The van der Waals surface area contributed by atoms with Crippen molar-refractivity contribution in [3.05, 3.63) is 146 Å². The third kappa shape index (κ3) is 13.1. The molecule has 1 N–H and O–H groups in total. The largest absolute Gasteiger partial charge is 0.480 e. The van der Waals surface area contributed by atoms with Gasteiger partial charge >= 0.3 is 18.2 Å². The first kappa shape index (κ1) is 56.8. The molecule has 81 heavy (non-hydrogen) atoms. The summed E-state index contributed by atoms with van der Waals surface area (Å²) in [5.41, 5.74) is 10.0. The highest BCUT2D eigenvalue weighted by Crippen LogP contribution is 2.41. The Labute approximate surface area is 486 Å². The van der Waals surface area contributed by atoms with E-state index in [2.05, 4.69) is 54.7 Å². The number of rotatable bonds is 9. The number of carboxylic acids is 1. The number of aromatic nitrogens is 4. The van der Waals surface area contributed by atoms with Crippen LogP contribution < -0.4 is 0 Å². The number of likely N-dealkylation sites (tertiary alicyclic amines) is 1.